The van der Waals surface area contributed by atoms with Crippen molar-refractivity contribution in [2.45, 2.75) is 51.7 Å². The zero-order chi connectivity index (χ0) is 12.8. The third-order valence-electron chi connectivity index (χ3n) is 3.31. The zero-order valence-electron chi connectivity index (χ0n) is 11.0. The normalized spacial score (nSPS) is 26.3. The van der Waals surface area contributed by atoms with E-state index in [1.54, 1.807) is 7.11 Å². The summed E-state index contributed by atoms with van der Waals surface area (Å²) < 4.78 is 10.1. The molecular formula is C13H24O4. The van der Waals surface area contributed by atoms with E-state index in [-0.39, 0.29) is 18.7 Å². The summed E-state index contributed by atoms with van der Waals surface area (Å²) in [5, 5.41) is 10.0. The van der Waals surface area contributed by atoms with Gasteiger partial charge in [-0.25, -0.2) is 0 Å². The second-order valence-electron chi connectivity index (χ2n) is 5.18. The molecule has 100 valence electrons. The number of carbonyl (C=O) groups excluding carboxylic acids is 1. The van der Waals surface area contributed by atoms with Crippen LogP contribution >= 0.6 is 0 Å². The molecule has 1 rings (SSSR count). The smallest absolute Gasteiger partial charge is 0.314 e. The molecule has 1 N–H and O–H groups in total. The second-order valence-corrected chi connectivity index (χ2v) is 5.18. The number of hydrogen-bond donors (Lipinski definition) is 1. The highest BCUT2D eigenvalue weighted by molar-refractivity contribution is 5.75. The average molecular weight is 244 g/mol. The lowest BCUT2D eigenvalue weighted by Crippen LogP contribution is -2.34. The van der Waals surface area contributed by atoms with Gasteiger partial charge in [0.05, 0.1) is 6.10 Å². The van der Waals surface area contributed by atoms with Gasteiger partial charge in [0.15, 0.2) is 0 Å². The number of rotatable bonds is 7. The Balaban J connectivity index is 2.30. The van der Waals surface area contributed by atoms with Crippen LogP contribution in [0, 0.1) is 11.8 Å². The summed E-state index contributed by atoms with van der Waals surface area (Å²) in [6.45, 7) is 4.64. The van der Waals surface area contributed by atoms with Crippen LogP contribution in [0.2, 0.25) is 0 Å². The van der Waals surface area contributed by atoms with Gasteiger partial charge in [-0.15, -0.1) is 0 Å². The average Bonchev–Trinajstić information content (AvgIpc) is 2.65. The Bertz CT molecular complexity index is 240. The predicted molar refractivity (Wildman–Crippen MR) is 64.6 cm³/mol. The maximum absolute atomic E-state index is 11.5. The Morgan fingerprint density at radius 2 is 2.06 bits per heavy atom. The highest BCUT2D eigenvalue weighted by Gasteiger charge is 2.41. The van der Waals surface area contributed by atoms with Crippen LogP contribution in [0.1, 0.15) is 39.5 Å². The third-order valence-corrected chi connectivity index (χ3v) is 3.31. The van der Waals surface area contributed by atoms with Crippen LogP contribution < -0.4 is 0 Å². The number of methoxy groups -OCH3 is 1. The molecule has 4 heteroatoms. The van der Waals surface area contributed by atoms with Gasteiger partial charge in [-0.2, -0.15) is 0 Å². The molecular weight excluding hydrogens is 220 g/mol. The van der Waals surface area contributed by atoms with Crippen molar-refractivity contribution < 1.29 is 19.4 Å². The fourth-order valence-electron chi connectivity index (χ4n) is 2.22. The maximum atomic E-state index is 11.5. The number of ether oxygens (including phenoxy) is 2. The lowest BCUT2D eigenvalue weighted by atomic mass is 9.93. The van der Waals surface area contributed by atoms with E-state index in [2.05, 4.69) is 13.8 Å². The molecule has 1 aliphatic heterocycles. The molecule has 1 saturated heterocycles. The van der Waals surface area contributed by atoms with Gasteiger partial charge < -0.3 is 14.6 Å². The van der Waals surface area contributed by atoms with Crippen LogP contribution in [-0.2, 0) is 14.3 Å². The van der Waals surface area contributed by atoms with Gasteiger partial charge in [-0.05, 0) is 12.3 Å². The molecule has 4 nitrogen and oxygen atoms in total. The van der Waals surface area contributed by atoms with Gasteiger partial charge in [-0.1, -0.05) is 33.1 Å². The summed E-state index contributed by atoms with van der Waals surface area (Å²) in [7, 11) is 1.55. The van der Waals surface area contributed by atoms with E-state index in [1.165, 1.54) is 0 Å². The van der Waals surface area contributed by atoms with E-state index >= 15 is 0 Å². The van der Waals surface area contributed by atoms with Crippen molar-refractivity contribution in [3.8, 4) is 0 Å². The first-order valence-electron chi connectivity index (χ1n) is 6.43. The molecule has 0 aliphatic carbocycles. The maximum Gasteiger partial charge on any atom is 0.314 e. The SMILES string of the molecule is CO[C@H]1COC(=O)[C@@H]1C(O)CCCCC(C)C. The Morgan fingerprint density at radius 1 is 1.41 bits per heavy atom. The first-order chi connectivity index (χ1) is 8.06. The highest BCUT2D eigenvalue weighted by atomic mass is 16.6. The lowest BCUT2D eigenvalue weighted by molar-refractivity contribution is -0.144. The predicted octanol–water partition coefficient (Wildman–Crippen LogP) is 1.75. The van der Waals surface area contributed by atoms with Gasteiger partial charge >= 0.3 is 5.97 Å². The van der Waals surface area contributed by atoms with Gasteiger partial charge in [0.25, 0.3) is 0 Å². The summed E-state index contributed by atoms with van der Waals surface area (Å²) in [5.74, 6) is -0.137. The van der Waals surface area contributed by atoms with Crippen molar-refractivity contribution in [2.75, 3.05) is 13.7 Å². The molecule has 0 aromatic carbocycles. The summed E-state index contributed by atoms with van der Waals surface area (Å²) in [6.07, 6.45) is 2.92. The molecule has 0 radical (unpaired) electrons. The Morgan fingerprint density at radius 3 is 2.65 bits per heavy atom. The molecule has 1 unspecified atom stereocenters. The number of unbranched alkanes of at least 4 members (excludes halogenated alkanes) is 1. The first-order valence-corrected chi connectivity index (χ1v) is 6.43. The quantitative estimate of drug-likeness (QED) is 0.547. The Hall–Kier alpha value is -0.610. The van der Waals surface area contributed by atoms with Crippen LogP contribution in [0.4, 0.5) is 0 Å². The number of cyclic esters (lactones) is 1. The minimum atomic E-state index is -0.637. The molecule has 3 atom stereocenters. The lowest BCUT2D eigenvalue weighted by Gasteiger charge is -2.19. The Labute approximate surface area is 103 Å². The van der Waals surface area contributed by atoms with Crippen LogP contribution in [0.25, 0.3) is 0 Å². The summed E-state index contributed by atoms with van der Waals surface area (Å²) in [4.78, 5) is 11.5. The minimum absolute atomic E-state index is 0.267. The topological polar surface area (TPSA) is 55.8 Å². The van der Waals surface area contributed by atoms with E-state index < -0.39 is 12.0 Å². The number of hydrogen-bond acceptors (Lipinski definition) is 4. The van der Waals surface area contributed by atoms with Crippen molar-refractivity contribution in [3.63, 3.8) is 0 Å². The third kappa shape index (κ3) is 4.28. The van der Waals surface area contributed by atoms with Crippen molar-refractivity contribution in [1.29, 1.82) is 0 Å². The summed E-state index contributed by atoms with van der Waals surface area (Å²) >= 11 is 0. The van der Waals surface area contributed by atoms with Crippen molar-refractivity contribution in [1.82, 2.24) is 0 Å². The summed E-state index contributed by atoms with van der Waals surface area (Å²) in [5.41, 5.74) is 0. The monoisotopic (exact) mass is 244 g/mol. The molecule has 17 heavy (non-hydrogen) atoms. The minimum Gasteiger partial charge on any atom is -0.463 e. The van der Waals surface area contributed by atoms with Gasteiger partial charge in [0.1, 0.15) is 18.6 Å². The van der Waals surface area contributed by atoms with E-state index in [1.807, 2.05) is 0 Å². The van der Waals surface area contributed by atoms with Crippen molar-refractivity contribution in [2.24, 2.45) is 11.8 Å². The number of aliphatic hydroxyl groups excluding tert-OH is 1. The summed E-state index contributed by atoms with van der Waals surface area (Å²) in [6, 6.07) is 0. The fraction of sp³-hybridized carbons (Fsp3) is 0.923. The highest BCUT2D eigenvalue weighted by Crippen LogP contribution is 2.25. The Kier molecular flexibility index (Phi) is 5.92. The van der Waals surface area contributed by atoms with Gasteiger partial charge in [0, 0.05) is 7.11 Å². The van der Waals surface area contributed by atoms with Crippen LogP contribution in [0.5, 0.6) is 0 Å². The standard InChI is InChI=1S/C13H24O4/c1-9(2)6-4-5-7-10(14)12-11(16-3)8-17-13(12)15/h9-12,14H,4-8H2,1-3H3/t10?,11-,12+/m0/s1. The van der Waals surface area contributed by atoms with E-state index in [0.717, 1.165) is 19.3 Å². The van der Waals surface area contributed by atoms with Crippen LogP contribution in [-0.4, -0.2) is 37.0 Å². The fourth-order valence-corrected chi connectivity index (χ4v) is 2.22. The molecule has 0 aromatic heterocycles. The largest absolute Gasteiger partial charge is 0.463 e. The zero-order valence-corrected chi connectivity index (χ0v) is 11.0. The van der Waals surface area contributed by atoms with E-state index in [9.17, 15) is 9.90 Å². The van der Waals surface area contributed by atoms with E-state index in [4.69, 9.17) is 9.47 Å². The molecule has 1 aliphatic rings. The van der Waals surface area contributed by atoms with Gasteiger partial charge in [-0.3, -0.25) is 4.79 Å². The second kappa shape index (κ2) is 6.97. The molecule has 0 amide bonds. The van der Waals surface area contributed by atoms with Crippen molar-refractivity contribution >= 4 is 5.97 Å². The van der Waals surface area contributed by atoms with Gasteiger partial charge in [0.2, 0.25) is 0 Å². The molecule has 0 saturated carbocycles. The van der Waals surface area contributed by atoms with Crippen LogP contribution in [0.15, 0.2) is 0 Å². The van der Waals surface area contributed by atoms with E-state index in [0.29, 0.717) is 12.3 Å². The number of esters is 1. The van der Waals surface area contributed by atoms with Crippen LogP contribution in [0.3, 0.4) is 0 Å². The molecule has 0 bridgehead atoms. The first kappa shape index (κ1) is 14.5. The number of carbonyl (C=O) groups is 1. The van der Waals surface area contributed by atoms with Crippen molar-refractivity contribution in [3.05, 3.63) is 0 Å². The molecule has 0 aromatic rings. The molecule has 0 spiro atoms. The number of aliphatic hydroxyl groups is 1. The molecule has 1 fully saturated rings. The molecule has 1 heterocycles.